The Hall–Kier alpha value is -0.290. The summed E-state index contributed by atoms with van der Waals surface area (Å²) in [5, 5.41) is 3.46. The average molecular weight is 280 g/mol. The fraction of sp³-hybridized carbons (Fsp3) is 1.00. The number of hydrogen-bond donors (Lipinski definition) is 1. The van der Waals surface area contributed by atoms with Crippen LogP contribution in [-0.2, 0) is 0 Å². The highest BCUT2D eigenvalue weighted by atomic mass is 19.4. The summed E-state index contributed by atoms with van der Waals surface area (Å²) in [5.74, 6) is 1.33. The lowest BCUT2D eigenvalue weighted by Crippen LogP contribution is -2.29. The summed E-state index contributed by atoms with van der Waals surface area (Å²) in [6.45, 7) is 9.36. The first-order valence-corrected chi connectivity index (χ1v) is 7.36. The van der Waals surface area contributed by atoms with Gasteiger partial charge in [-0.3, -0.25) is 0 Å². The smallest absolute Gasteiger partial charge is 0.316 e. The van der Waals surface area contributed by atoms with E-state index in [2.05, 4.69) is 24.1 Å². The Bertz CT molecular complexity index is 241. The molecule has 1 unspecified atom stereocenters. The summed E-state index contributed by atoms with van der Waals surface area (Å²) >= 11 is 0. The fourth-order valence-electron chi connectivity index (χ4n) is 2.52. The van der Waals surface area contributed by atoms with Gasteiger partial charge >= 0.3 is 6.18 Å². The number of hydrogen-bond acceptors (Lipinski definition) is 2. The first kappa shape index (κ1) is 16.8. The molecule has 2 nitrogen and oxygen atoms in total. The van der Waals surface area contributed by atoms with Crippen molar-refractivity contribution in [3.8, 4) is 0 Å². The predicted octanol–water partition coefficient (Wildman–Crippen LogP) is 3.29. The van der Waals surface area contributed by atoms with Gasteiger partial charge in [-0.05, 0) is 57.3 Å². The van der Waals surface area contributed by atoms with E-state index in [1.165, 1.54) is 6.42 Å². The lowest BCUT2D eigenvalue weighted by atomic mass is 10.1. The number of alkyl halides is 3. The quantitative estimate of drug-likeness (QED) is 0.686. The van der Waals surface area contributed by atoms with Crippen LogP contribution in [0.4, 0.5) is 13.2 Å². The van der Waals surface area contributed by atoms with Gasteiger partial charge < -0.3 is 10.2 Å². The Labute approximate surface area is 114 Å². The molecule has 1 rings (SSSR count). The summed E-state index contributed by atoms with van der Waals surface area (Å²) in [6.07, 6.45) is -2.54. The van der Waals surface area contributed by atoms with Gasteiger partial charge in [0.1, 0.15) is 0 Å². The van der Waals surface area contributed by atoms with Crippen LogP contribution in [0.1, 0.15) is 39.5 Å². The van der Waals surface area contributed by atoms with Crippen molar-refractivity contribution in [3.63, 3.8) is 0 Å². The van der Waals surface area contributed by atoms with E-state index in [0.29, 0.717) is 18.3 Å². The Kier molecular flexibility index (Phi) is 7.15. The first-order chi connectivity index (χ1) is 8.87. The zero-order valence-corrected chi connectivity index (χ0v) is 12.1. The van der Waals surface area contributed by atoms with Gasteiger partial charge in [-0.25, -0.2) is 0 Å². The van der Waals surface area contributed by atoms with Gasteiger partial charge in [0.25, 0.3) is 0 Å². The summed E-state index contributed by atoms with van der Waals surface area (Å²) < 4.78 is 36.0. The third-order valence-electron chi connectivity index (χ3n) is 3.54. The van der Waals surface area contributed by atoms with Crippen LogP contribution in [0.5, 0.6) is 0 Å². The maximum absolute atomic E-state index is 12.0. The minimum Gasteiger partial charge on any atom is -0.316 e. The van der Waals surface area contributed by atoms with Crippen LogP contribution in [0, 0.1) is 11.8 Å². The van der Waals surface area contributed by atoms with Gasteiger partial charge in [0, 0.05) is 13.0 Å². The van der Waals surface area contributed by atoms with Crippen LogP contribution >= 0.6 is 0 Å². The number of unbranched alkanes of at least 4 members (excludes halogenated alkanes) is 1. The van der Waals surface area contributed by atoms with Gasteiger partial charge in [-0.2, -0.15) is 13.2 Å². The van der Waals surface area contributed by atoms with E-state index >= 15 is 0 Å². The van der Waals surface area contributed by atoms with Gasteiger partial charge in [-0.15, -0.1) is 0 Å². The Morgan fingerprint density at radius 3 is 2.63 bits per heavy atom. The second kappa shape index (κ2) is 8.10. The average Bonchev–Trinajstić information content (AvgIpc) is 2.71. The zero-order valence-electron chi connectivity index (χ0n) is 12.1. The normalized spacial score (nSPS) is 21.5. The van der Waals surface area contributed by atoms with Crippen LogP contribution in [0.3, 0.4) is 0 Å². The zero-order chi connectivity index (χ0) is 14.3. The molecule has 0 radical (unpaired) electrons. The number of halogens is 3. The molecule has 0 aliphatic carbocycles. The Balaban J connectivity index is 2.02. The minimum atomic E-state index is -3.99. The molecule has 1 fully saturated rings. The molecule has 1 atom stereocenters. The van der Waals surface area contributed by atoms with Crippen molar-refractivity contribution in [3.05, 3.63) is 0 Å². The van der Waals surface area contributed by atoms with Crippen LogP contribution in [0.25, 0.3) is 0 Å². The summed E-state index contributed by atoms with van der Waals surface area (Å²) in [7, 11) is 0. The molecule has 114 valence electrons. The van der Waals surface area contributed by atoms with Crippen molar-refractivity contribution in [1.29, 1.82) is 0 Å². The van der Waals surface area contributed by atoms with Crippen molar-refractivity contribution in [2.24, 2.45) is 11.8 Å². The lowest BCUT2D eigenvalue weighted by molar-refractivity contribution is -0.135. The second-order valence-electron chi connectivity index (χ2n) is 6.08. The van der Waals surface area contributed by atoms with E-state index in [1.807, 2.05) is 0 Å². The molecule has 0 aromatic rings. The van der Waals surface area contributed by atoms with E-state index in [4.69, 9.17) is 0 Å². The third-order valence-corrected chi connectivity index (χ3v) is 3.54. The topological polar surface area (TPSA) is 15.3 Å². The van der Waals surface area contributed by atoms with Gasteiger partial charge in [0.05, 0.1) is 0 Å². The Morgan fingerprint density at radius 2 is 2.00 bits per heavy atom. The molecule has 0 aromatic carbocycles. The van der Waals surface area contributed by atoms with E-state index in [9.17, 15) is 13.2 Å². The molecule has 0 spiro atoms. The monoisotopic (exact) mass is 280 g/mol. The molecule has 1 heterocycles. The predicted molar refractivity (Wildman–Crippen MR) is 72.2 cm³/mol. The second-order valence-corrected chi connectivity index (χ2v) is 6.08. The van der Waals surface area contributed by atoms with Crippen molar-refractivity contribution in [2.75, 3.05) is 32.7 Å². The van der Waals surface area contributed by atoms with Crippen LogP contribution < -0.4 is 5.32 Å². The molecule has 1 aliphatic rings. The number of likely N-dealkylation sites (tertiary alicyclic amines) is 1. The van der Waals surface area contributed by atoms with Gasteiger partial charge in [-0.1, -0.05) is 13.8 Å². The highest BCUT2D eigenvalue weighted by molar-refractivity contribution is 4.77. The highest BCUT2D eigenvalue weighted by Gasteiger charge is 2.26. The van der Waals surface area contributed by atoms with E-state index in [1.54, 1.807) is 0 Å². The summed E-state index contributed by atoms with van der Waals surface area (Å²) in [6, 6.07) is 0. The highest BCUT2D eigenvalue weighted by Crippen LogP contribution is 2.23. The maximum Gasteiger partial charge on any atom is 0.389 e. The molecule has 19 heavy (non-hydrogen) atoms. The largest absolute Gasteiger partial charge is 0.389 e. The molecule has 1 aliphatic heterocycles. The molecule has 1 N–H and O–H groups in total. The van der Waals surface area contributed by atoms with Gasteiger partial charge in [0.2, 0.25) is 0 Å². The van der Waals surface area contributed by atoms with E-state index < -0.39 is 12.6 Å². The molecule has 1 saturated heterocycles. The number of nitrogens with one attached hydrogen (secondary N) is 1. The molecule has 0 amide bonds. The van der Waals surface area contributed by atoms with Crippen LogP contribution in [-0.4, -0.2) is 43.8 Å². The molecular formula is C14H27F3N2. The van der Waals surface area contributed by atoms with Gasteiger partial charge in [0.15, 0.2) is 0 Å². The van der Waals surface area contributed by atoms with Crippen LogP contribution in [0.15, 0.2) is 0 Å². The number of rotatable bonds is 8. The third kappa shape index (κ3) is 8.47. The van der Waals surface area contributed by atoms with Crippen molar-refractivity contribution < 1.29 is 13.2 Å². The molecule has 0 saturated carbocycles. The van der Waals surface area contributed by atoms with Crippen molar-refractivity contribution >= 4 is 0 Å². The Morgan fingerprint density at radius 1 is 1.26 bits per heavy atom. The summed E-state index contributed by atoms with van der Waals surface area (Å²) in [5.41, 5.74) is 0. The molecule has 5 heteroatoms. The maximum atomic E-state index is 12.0. The first-order valence-electron chi connectivity index (χ1n) is 7.36. The van der Waals surface area contributed by atoms with Crippen molar-refractivity contribution in [2.45, 2.75) is 45.7 Å². The molecular weight excluding hydrogens is 253 g/mol. The summed E-state index contributed by atoms with van der Waals surface area (Å²) in [4.78, 5) is 2.30. The molecule has 0 bridgehead atoms. The lowest BCUT2D eigenvalue weighted by Gasteiger charge is -2.17. The van der Waals surface area contributed by atoms with E-state index in [-0.39, 0.29) is 6.42 Å². The SMILES string of the molecule is CC(C)CNCC1CCN(CCCCC(F)(F)F)C1. The minimum absolute atomic E-state index is 0.260. The van der Waals surface area contributed by atoms with Crippen molar-refractivity contribution in [1.82, 2.24) is 10.2 Å². The van der Waals surface area contributed by atoms with Crippen LogP contribution in [0.2, 0.25) is 0 Å². The number of nitrogens with zero attached hydrogens (tertiary/aromatic N) is 1. The van der Waals surface area contributed by atoms with E-state index in [0.717, 1.165) is 32.7 Å². The molecule has 0 aromatic heterocycles. The standard InChI is InChI=1S/C14H27F3N2/c1-12(2)9-18-10-13-5-8-19(11-13)7-4-3-6-14(15,16)17/h12-13,18H,3-11H2,1-2H3. The fourth-order valence-corrected chi connectivity index (χ4v) is 2.52.